The van der Waals surface area contributed by atoms with Crippen LogP contribution in [0.4, 0.5) is 0 Å². The lowest BCUT2D eigenvalue weighted by molar-refractivity contribution is -0.129. The number of hydrogen-bond acceptors (Lipinski definition) is 2. The van der Waals surface area contributed by atoms with E-state index in [1.807, 2.05) is 6.92 Å². The summed E-state index contributed by atoms with van der Waals surface area (Å²) in [6.07, 6.45) is 4.27. The zero-order chi connectivity index (χ0) is 10.1. The predicted octanol–water partition coefficient (Wildman–Crippen LogP) is 2.29. The van der Waals surface area contributed by atoms with Gasteiger partial charge in [0.15, 0.2) is 6.29 Å². The normalized spacial score (nSPS) is 40.2. The van der Waals surface area contributed by atoms with E-state index in [-0.39, 0.29) is 5.41 Å². The van der Waals surface area contributed by atoms with Crippen LogP contribution in [-0.2, 0) is 0 Å². The van der Waals surface area contributed by atoms with Crippen LogP contribution in [0.25, 0.3) is 0 Å². The lowest BCUT2D eigenvalue weighted by Crippen LogP contribution is -2.30. The predicted molar refractivity (Wildman–Crippen MR) is 53.2 cm³/mol. The van der Waals surface area contributed by atoms with Gasteiger partial charge in [0.2, 0.25) is 0 Å². The first-order valence-corrected chi connectivity index (χ1v) is 5.28. The van der Waals surface area contributed by atoms with Crippen molar-refractivity contribution in [2.24, 2.45) is 10.8 Å². The van der Waals surface area contributed by atoms with Crippen molar-refractivity contribution in [1.29, 1.82) is 0 Å². The van der Waals surface area contributed by atoms with Gasteiger partial charge in [-0.2, -0.15) is 0 Å². The van der Waals surface area contributed by atoms with E-state index in [0.29, 0.717) is 5.41 Å². The van der Waals surface area contributed by atoms with Crippen molar-refractivity contribution < 1.29 is 10.2 Å². The first kappa shape index (κ1) is 11.0. The van der Waals surface area contributed by atoms with Gasteiger partial charge in [-0.15, -0.1) is 0 Å². The molecule has 0 bridgehead atoms. The third-order valence-electron chi connectivity index (χ3n) is 3.61. The molecule has 2 unspecified atom stereocenters. The van der Waals surface area contributed by atoms with Gasteiger partial charge in [-0.05, 0) is 31.1 Å². The summed E-state index contributed by atoms with van der Waals surface area (Å²) in [5.74, 6) is 0. The van der Waals surface area contributed by atoms with Crippen molar-refractivity contribution in [2.75, 3.05) is 0 Å². The van der Waals surface area contributed by atoms with Crippen LogP contribution >= 0.6 is 0 Å². The van der Waals surface area contributed by atoms with Crippen LogP contribution < -0.4 is 0 Å². The third-order valence-corrected chi connectivity index (χ3v) is 3.61. The molecule has 0 aromatic carbocycles. The van der Waals surface area contributed by atoms with Gasteiger partial charge in [-0.25, -0.2) is 0 Å². The smallest absolute Gasteiger partial charge is 0.156 e. The molecule has 1 saturated carbocycles. The minimum atomic E-state index is -1.15. The molecule has 13 heavy (non-hydrogen) atoms. The second-order valence-electron chi connectivity index (χ2n) is 5.27. The maximum Gasteiger partial charge on any atom is 0.156 e. The number of aliphatic hydroxyl groups is 2. The first-order chi connectivity index (χ1) is 5.92. The average molecular weight is 186 g/mol. The van der Waals surface area contributed by atoms with Gasteiger partial charge in [0.25, 0.3) is 0 Å². The maximum absolute atomic E-state index is 9.27. The van der Waals surface area contributed by atoms with Gasteiger partial charge in [-0.1, -0.05) is 27.2 Å². The molecule has 2 atom stereocenters. The fourth-order valence-corrected chi connectivity index (χ4v) is 2.78. The second-order valence-corrected chi connectivity index (χ2v) is 5.27. The highest BCUT2D eigenvalue weighted by atomic mass is 16.5. The maximum atomic E-state index is 9.27. The lowest BCUT2D eigenvalue weighted by Gasteiger charge is -2.30. The van der Waals surface area contributed by atoms with Crippen LogP contribution in [0.5, 0.6) is 0 Å². The van der Waals surface area contributed by atoms with E-state index < -0.39 is 6.29 Å². The number of rotatable bonds is 3. The monoisotopic (exact) mass is 186 g/mol. The van der Waals surface area contributed by atoms with Crippen molar-refractivity contribution in [1.82, 2.24) is 0 Å². The zero-order valence-electron chi connectivity index (χ0n) is 9.01. The van der Waals surface area contributed by atoms with Gasteiger partial charge < -0.3 is 10.2 Å². The molecule has 1 aliphatic carbocycles. The van der Waals surface area contributed by atoms with Crippen molar-refractivity contribution in [3.63, 3.8) is 0 Å². The molecule has 78 valence electrons. The van der Waals surface area contributed by atoms with Gasteiger partial charge in [0.1, 0.15) is 0 Å². The van der Waals surface area contributed by atoms with Crippen molar-refractivity contribution in [3.05, 3.63) is 0 Å². The Labute approximate surface area is 81.0 Å². The quantitative estimate of drug-likeness (QED) is 0.664. The molecule has 0 heterocycles. The van der Waals surface area contributed by atoms with Crippen LogP contribution in [0.1, 0.15) is 52.9 Å². The summed E-state index contributed by atoms with van der Waals surface area (Å²) in [4.78, 5) is 0. The van der Waals surface area contributed by atoms with E-state index in [9.17, 15) is 10.2 Å². The summed E-state index contributed by atoms with van der Waals surface area (Å²) in [5.41, 5.74) is 0.0805. The van der Waals surface area contributed by atoms with Crippen molar-refractivity contribution in [2.45, 2.75) is 59.2 Å². The third kappa shape index (κ3) is 2.23. The summed E-state index contributed by atoms with van der Waals surface area (Å²) in [7, 11) is 0. The molecule has 1 aliphatic rings. The summed E-state index contributed by atoms with van der Waals surface area (Å²) in [5, 5.41) is 18.5. The summed E-state index contributed by atoms with van der Waals surface area (Å²) in [6.45, 7) is 6.44. The molecule has 0 aromatic heterocycles. The highest BCUT2D eigenvalue weighted by Gasteiger charge is 2.45. The lowest BCUT2D eigenvalue weighted by atomic mass is 9.79. The zero-order valence-corrected chi connectivity index (χ0v) is 9.01. The standard InChI is InChI=1S/C11H22O2/c1-4-5-10(2)6-7-11(3,8-10)9(12)13/h9,12-13H,4-8H2,1-3H3. The molecule has 0 spiro atoms. The van der Waals surface area contributed by atoms with E-state index >= 15 is 0 Å². The largest absolute Gasteiger partial charge is 0.368 e. The van der Waals surface area contributed by atoms with Gasteiger partial charge in [0.05, 0.1) is 0 Å². The molecule has 1 rings (SSSR count). The number of aliphatic hydroxyl groups excluding tert-OH is 1. The Bertz CT molecular complexity index is 179. The highest BCUT2D eigenvalue weighted by molar-refractivity contribution is 4.93. The summed E-state index contributed by atoms with van der Waals surface area (Å²) >= 11 is 0. The molecular weight excluding hydrogens is 164 g/mol. The highest BCUT2D eigenvalue weighted by Crippen LogP contribution is 2.52. The van der Waals surface area contributed by atoms with E-state index in [2.05, 4.69) is 13.8 Å². The van der Waals surface area contributed by atoms with Crippen molar-refractivity contribution >= 4 is 0 Å². The summed E-state index contributed by atoms with van der Waals surface area (Å²) < 4.78 is 0. The first-order valence-electron chi connectivity index (χ1n) is 5.28. The molecule has 2 N–H and O–H groups in total. The fourth-order valence-electron chi connectivity index (χ4n) is 2.78. The minimum absolute atomic E-state index is 0.260. The molecule has 0 aliphatic heterocycles. The topological polar surface area (TPSA) is 40.5 Å². The van der Waals surface area contributed by atoms with Crippen LogP contribution in [0.2, 0.25) is 0 Å². The van der Waals surface area contributed by atoms with E-state index in [4.69, 9.17) is 0 Å². The van der Waals surface area contributed by atoms with Crippen molar-refractivity contribution in [3.8, 4) is 0 Å². The Balaban J connectivity index is 2.61. The van der Waals surface area contributed by atoms with Gasteiger partial charge in [0, 0.05) is 5.41 Å². The molecule has 0 radical (unpaired) electrons. The molecule has 2 nitrogen and oxygen atoms in total. The summed E-state index contributed by atoms with van der Waals surface area (Å²) in [6, 6.07) is 0. The second kappa shape index (κ2) is 3.58. The Morgan fingerprint density at radius 2 is 1.85 bits per heavy atom. The molecule has 2 heteroatoms. The Hall–Kier alpha value is -0.0800. The molecular formula is C11H22O2. The fraction of sp³-hybridized carbons (Fsp3) is 1.00. The van der Waals surface area contributed by atoms with Gasteiger partial charge in [-0.3, -0.25) is 0 Å². The van der Waals surface area contributed by atoms with Crippen LogP contribution in [0.3, 0.4) is 0 Å². The van der Waals surface area contributed by atoms with Gasteiger partial charge >= 0.3 is 0 Å². The van der Waals surface area contributed by atoms with E-state index in [1.54, 1.807) is 0 Å². The van der Waals surface area contributed by atoms with Crippen LogP contribution in [0, 0.1) is 10.8 Å². The Kier molecular flexibility index (Phi) is 3.03. The van der Waals surface area contributed by atoms with E-state index in [1.165, 1.54) is 12.8 Å². The Morgan fingerprint density at radius 1 is 1.23 bits per heavy atom. The minimum Gasteiger partial charge on any atom is -0.368 e. The van der Waals surface area contributed by atoms with Crippen LogP contribution in [0.15, 0.2) is 0 Å². The number of hydrogen-bond donors (Lipinski definition) is 2. The van der Waals surface area contributed by atoms with E-state index in [0.717, 1.165) is 19.3 Å². The molecule has 0 aromatic rings. The Morgan fingerprint density at radius 3 is 2.23 bits per heavy atom. The molecule has 0 saturated heterocycles. The van der Waals surface area contributed by atoms with Crippen LogP contribution in [-0.4, -0.2) is 16.5 Å². The molecule has 1 fully saturated rings. The molecule has 0 amide bonds. The SMILES string of the molecule is CCCC1(C)CCC(C)(C(O)O)C1. The average Bonchev–Trinajstić information content (AvgIpc) is 2.30.